The van der Waals surface area contributed by atoms with E-state index in [0.717, 1.165) is 43.6 Å². The molecule has 1 aromatic rings. The average molecular weight is 246 g/mol. The first-order chi connectivity index (χ1) is 8.83. The monoisotopic (exact) mass is 246 g/mol. The van der Waals surface area contributed by atoms with E-state index >= 15 is 0 Å². The van der Waals surface area contributed by atoms with Gasteiger partial charge in [-0.3, -0.25) is 0 Å². The van der Waals surface area contributed by atoms with Crippen molar-refractivity contribution in [2.45, 2.75) is 45.6 Å². The van der Waals surface area contributed by atoms with E-state index in [0.29, 0.717) is 0 Å². The molecule has 0 unspecified atom stereocenters. The predicted octanol–water partition coefficient (Wildman–Crippen LogP) is 2.03. The van der Waals surface area contributed by atoms with Gasteiger partial charge < -0.3 is 10.6 Å². The molecule has 0 amide bonds. The van der Waals surface area contributed by atoms with Crippen LogP contribution in [0.4, 0.5) is 5.82 Å². The molecule has 3 rings (SSSR count). The third-order valence-electron chi connectivity index (χ3n) is 4.08. The minimum Gasteiger partial charge on any atom is -0.369 e. The molecule has 2 N–H and O–H groups in total. The smallest absolute Gasteiger partial charge is 0.134 e. The summed E-state index contributed by atoms with van der Waals surface area (Å²) in [7, 11) is 0. The topological polar surface area (TPSA) is 49.8 Å². The van der Waals surface area contributed by atoms with Gasteiger partial charge in [-0.2, -0.15) is 0 Å². The number of nitrogens with one attached hydrogen (secondary N) is 2. The van der Waals surface area contributed by atoms with Crippen molar-refractivity contribution in [2.75, 3.05) is 18.4 Å². The number of aryl methyl sites for hydroxylation is 1. The summed E-state index contributed by atoms with van der Waals surface area (Å²) in [5.74, 6) is 2.80. The Labute approximate surface area is 109 Å². The van der Waals surface area contributed by atoms with E-state index in [4.69, 9.17) is 0 Å². The molecule has 1 saturated carbocycles. The van der Waals surface area contributed by atoms with Gasteiger partial charge in [-0.05, 0) is 25.7 Å². The molecule has 0 atom stereocenters. The van der Waals surface area contributed by atoms with Crippen LogP contribution < -0.4 is 10.6 Å². The Bertz CT molecular complexity index is 424. The number of hydrogen-bond acceptors (Lipinski definition) is 4. The zero-order chi connectivity index (χ0) is 12.4. The van der Waals surface area contributed by atoms with Crippen molar-refractivity contribution in [1.82, 2.24) is 15.3 Å². The Morgan fingerprint density at radius 2 is 2.11 bits per heavy atom. The van der Waals surface area contributed by atoms with Gasteiger partial charge in [-0.15, -0.1) is 0 Å². The fourth-order valence-corrected chi connectivity index (χ4v) is 3.07. The molecule has 1 aliphatic heterocycles. The quantitative estimate of drug-likeness (QED) is 0.857. The summed E-state index contributed by atoms with van der Waals surface area (Å²) < 4.78 is 0. The summed E-state index contributed by atoms with van der Waals surface area (Å²) in [6.45, 7) is 5.00. The van der Waals surface area contributed by atoms with E-state index in [1.165, 1.54) is 36.9 Å². The Hall–Kier alpha value is -1.16. The highest BCUT2D eigenvalue weighted by Gasteiger charge is 2.19. The lowest BCUT2D eigenvalue weighted by atomic mass is 10.1. The maximum Gasteiger partial charge on any atom is 0.134 e. The van der Waals surface area contributed by atoms with Crippen LogP contribution in [0.3, 0.4) is 0 Å². The summed E-state index contributed by atoms with van der Waals surface area (Å²) in [5.41, 5.74) is 2.51. The zero-order valence-corrected chi connectivity index (χ0v) is 11.1. The Kier molecular flexibility index (Phi) is 3.46. The number of hydrogen-bond donors (Lipinski definition) is 2. The molecule has 0 bridgehead atoms. The van der Waals surface area contributed by atoms with E-state index in [-0.39, 0.29) is 0 Å². The lowest BCUT2D eigenvalue weighted by molar-refractivity contribution is 0.575. The second-order valence-electron chi connectivity index (χ2n) is 5.50. The molecule has 0 aromatic carbocycles. The normalized spacial score (nSPS) is 19.8. The predicted molar refractivity (Wildman–Crippen MR) is 72.6 cm³/mol. The van der Waals surface area contributed by atoms with Gasteiger partial charge in [0.2, 0.25) is 0 Å². The number of rotatable bonds is 3. The summed E-state index contributed by atoms with van der Waals surface area (Å²) in [6, 6.07) is 0. The van der Waals surface area contributed by atoms with Crippen LogP contribution in [0.2, 0.25) is 0 Å². The highest BCUT2D eigenvalue weighted by atomic mass is 15.1. The van der Waals surface area contributed by atoms with Gasteiger partial charge in [0.05, 0.1) is 5.69 Å². The molecule has 98 valence electrons. The molecular weight excluding hydrogens is 224 g/mol. The third-order valence-corrected chi connectivity index (χ3v) is 4.08. The second-order valence-corrected chi connectivity index (χ2v) is 5.50. The van der Waals surface area contributed by atoms with Crippen LogP contribution >= 0.6 is 0 Å². The van der Waals surface area contributed by atoms with Crippen molar-refractivity contribution in [3.05, 3.63) is 17.1 Å². The molecule has 1 aliphatic carbocycles. The van der Waals surface area contributed by atoms with E-state index in [2.05, 4.69) is 20.6 Å². The van der Waals surface area contributed by atoms with Gasteiger partial charge >= 0.3 is 0 Å². The zero-order valence-electron chi connectivity index (χ0n) is 11.1. The molecule has 18 heavy (non-hydrogen) atoms. The van der Waals surface area contributed by atoms with Gasteiger partial charge in [0.1, 0.15) is 11.6 Å². The highest BCUT2D eigenvalue weighted by molar-refractivity contribution is 5.47. The van der Waals surface area contributed by atoms with Gasteiger partial charge in [0, 0.05) is 31.6 Å². The molecule has 0 radical (unpaired) electrons. The van der Waals surface area contributed by atoms with E-state index < -0.39 is 0 Å². The van der Waals surface area contributed by atoms with E-state index in [1.807, 2.05) is 6.92 Å². The minimum atomic E-state index is 0.840. The first kappa shape index (κ1) is 11.9. The van der Waals surface area contributed by atoms with Crippen LogP contribution in [0.25, 0.3) is 0 Å². The van der Waals surface area contributed by atoms with Crippen molar-refractivity contribution >= 4 is 5.82 Å². The molecule has 1 fully saturated rings. The van der Waals surface area contributed by atoms with Crippen LogP contribution in [-0.2, 0) is 13.0 Å². The number of aromatic nitrogens is 2. The average Bonchev–Trinajstić information content (AvgIpc) is 2.89. The highest BCUT2D eigenvalue weighted by Crippen LogP contribution is 2.26. The molecule has 0 spiro atoms. The molecule has 2 aliphatic rings. The van der Waals surface area contributed by atoms with Gasteiger partial charge in [0.15, 0.2) is 0 Å². The van der Waals surface area contributed by atoms with Crippen LogP contribution in [0.5, 0.6) is 0 Å². The van der Waals surface area contributed by atoms with Crippen LogP contribution in [-0.4, -0.2) is 23.1 Å². The summed E-state index contributed by atoms with van der Waals surface area (Å²) in [5, 5.41) is 6.97. The number of fused-ring (bicyclic) bond motifs is 1. The van der Waals surface area contributed by atoms with E-state index in [9.17, 15) is 0 Å². The van der Waals surface area contributed by atoms with Crippen molar-refractivity contribution in [1.29, 1.82) is 0 Å². The van der Waals surface area contributed by atoms with Gasteiger partial charge in [0.25, 0.3) is 0 Å². The van der Waals surface area contributed by atoms with Crippen molar-refractivity contribution in [3.8, 4) is 0 Å². The second kappa shape index (κ2) is 5.22. The largest absolute Gasteiger partial charge is 0.369 e. The third kappa shape index (κ3) is 2.48. The molecule has 2 heterocycles. The lowest BCUT2D eigenvalue weighted by Gasteiger charge is -2.21. The SMILES string of the molecule is Cc1nc2c(c(NCC3CCCC3)n1)CNCC2. The summed E-state index contributed by atoms with van der Waals surface area (Å²) in [6.07, 6.45) is 6.56. The van der Waals surface area contributed by atoms with Crippen molar-refractivity contribution < 1.29 is 0 Å². The fraction of sp³-hybridized carbons (Fsp3) is 0.714. The summed E-state index contributed by atoms with van der Waals surface area (Å²) in [4.78, 5) is 9.15. The van der Waals surface area contributed by atoms with Crippen LogP contribution in [0.15, 0.2) is 0 Å². The first-order valence-electron chi connectivity index (χ1n) is 7.14. The Balaban J connectivity index is 1.75. The summed E-state index contributed by atoms with van der Waals surface area (Å²) >= 11 is 0. The maximum atomic E-state index is 4.59. The molecule has 4 nitrogen and oxygen atoms in total. The molecule has 0 saturated heterocycles. The van der Waals surface area contributed by atoms with Crippen molar-refractivity contribution in [3.63, 3.8) is 0 Å². The van der Waals surface area contributed by atoms with Crippen LogP contribution in [0.1, 0.15) is 42.8 Å². The van der Waals surface area contributed by atoms with Crippen LogP contribution in [0, 0.1) is 12.8 Å². The number of anilines is 1. The standard InChI is InChI=1S/C14H22N4/c1-10-17-13-6-7-15-9-12(13)14(18-10)16-8-11-4-2-3-5-11/h11,15H,2-9H2,1H3,(H,16,17,18). The van der Waals surface area contributed by atoms with Gasteiger partial charge in [-0.25, -0.2) is 9.97 Å². The lowest BCUT2D eigenvalue weighted by Crippen LogP contribution is -2.27. The molecular formula is C14H22N4. The first-order valence-corrected chi connectivity index (χ1v) is 7.14. The maximum absolute atomic E-state index is 4.59. The number of nitrogens with zero attached hydrogens (tertiary/aromatic N) is 2. The molecule has 4 heteroatoms. The Morgan fingerprint density at radius 3 is 2.94 bits per heavy atom. The fourth-order valence-electron chi connectivity index (χ4n) is 3.07. The Morgan fingerprint density at radius 1 is 1.28 bits per heavy atom. The van der Waals surface area contributed by atoms with Crippen molar-refractivity contribution in [2.24, 2.45) is 5.92 Å². The van der Waals surface area contributed by atoms with Gasteiger partial charge in [-0.1, -0.05) is 12.8 Å². The molecule has 1 aromatic heterocycles. The minimum absolute atomic E-state index is 0.840. The van der Waals surface area contributed by atoms with E-state index in [1.54, 1.807) is 0 Å².